The summed E-state index contributed by atoms with van der Waals surface area (Å²) >= 11 is 0. The Kier molecular flexibility index (Phi) is 8.84. The van der Waals surface area contributed by atoms with Gasteiger partial charge in [-0.05, 0) is 141 Å². The maximum Gasteiger partial charge on any atom is 0.0541 e. The van der Waals surface area contributed by atoms with Crippen molar-refractivity contribution in [3.63, 3.8) is 0 Å². The van der Waals surface area contributed by atoms with Crippen LogP contribution in [0.1, 0.15) is 25.0 Å². The van der Waals surface area contributed by atoms with Crippen molar-refractivity contribution in [1.82, 2.24) is 4.57 Å². The zero-order valence-electron chi connectivity index (χ0n) is 35.9. The van der Waals surface area contributed by atoms with E-state index in [1.807, 2.05) is 0 Å². The first-order valence-corrected chi connectivity index (χ1v) is 22.2. The number of hydrogen-bond donors (Lipinski definition) is 0. The molecular formula is C61H45N3. The van der Waals surface area contributed by atoms with Gasteiger partial charge in [0.25, 0.3) is 0 Å². The number of para-hydroxylation sites is 4. The molecule has 0 unspecified atom stereocenters. The third kappa shape index (κ3) is 6.20. The molecule has 1 aliphatic carbocycles. The van der Waals surface area contributed by atoms with Crippen molar-refractivity contribution in [2.45, 2.75) is 19.3 Å². The molecule has 304 valence electrons. The van der Waals surface area contributed by atoms with Gasteiger partial charge in [-0.1, -0.05) is 153 Å². The van der Waals surface area contributed by atoms with Crippen LogP contribution in [0.4, 0.5) is 34.1 Å². The molecule has 0 saturated carbocycles. The van der Waals surface area contributed by atoms with Crippen LogP contribution in [0.25, 0.3) is 60.5 Å². The van der Waals surface area contributed by atoms with E-state index in [0.717, 1.165) is 50.9 Å². The second kappa shape index (κ2) is 15.0. The van der Waals surface area contributed by atoms with Gasteiger partial charge >= 0.3 is 0 Å². The summed E-state index contributed by atoms with van der Waals surface area (Å²) in [5.41, 5.74) is 17.5. The minimum absolute atomic E-state index is 0.143. The molecule has 12 rings (SSSR count). The van der Waals surface area contributed by atoms with E-state index in [9.17, 15) is 0 Å². The van der Waals surface area contributed by atoms with E-state index < -0.39 is 0 Å². The van der Waals surface area contributed by atoms with Gasteiger partial charge in [0, 0.05) is 56.0 Å². The van der Waals surface area contributed by atoms with Crippen molar-refractivity contribution in [3.05, 3.63) is 248 Å². The lowest BCUT2D eigenvalue weighted by Gasteiger charge is -2.31. The number of benzene rings is 10. The molecule has 1 aliphatic rings. The third-order valence-corrected chi connectivity index (χ3v) is 13.3. The van der Waals surface area contributed by atoms with E-state index in [0.29, 0.717) is 0 Å². The lowest BCUT2D eigenvalue weighted by Crippen LogP contribution is -2.17. The second-order valence-corrected chi connectivity index (χ2v) is 17.4. The lowest BCUT2D eigenvalue weighted by molar-refractivity contribution is 0.660. The number of anilines is 6. The highest BCUT2D eigenvalue weighted by molar-refractivity contribution is 6.11. The van der Waals surface area contributed by atoms with Crippen LogP contribution in [0.15, 0.2) is 237 Å². The maximum atomic E-state index is 2.44. The molecule has 64 heavy (non-hydrogen) atoms. The Hall–Kier alpha value is -8.14. The van der Waals surface area contributed by atoms with Crippen molar-refractivity contribution in [2.24, 2.45) is 0 Å². The summed E-state index contributed by atoms with van der Waals surface area (Å²) in [5, 5.41) is 4.92. The molecular weight excluding hydrogens is 775 g/mol. The summed E-state index contributed by atoms with van der Waals surface area (Å²) in [6.45, 7) is 4.72. The molecule has 0 bridgehead atoms. The number of fused-ring (bicyclic) bond motifs is 7. The average Bonchev–Trinajstić information content (AvgIpc) is 3.80. The predicted molar refractivity (Wildman–Crippen MR) is 271 cm³/mol. The first-order valence-electron chi connectivity index (χ1n) is 22.2. The first-order chi connectivity index (χ1) is 31.5. The molecule has 0 radical (unpaired) electrons. The Labute approximate surface area is 374 Å². The maximum absolute atomic E-state index is 2.44. The molecule has 10 aromatic carbocycles. The lowest BCUT2D eigenvalue weighted by atomic mass is 9.82. The first kappa shape index (κ1) is 37.6. The fourth-order valence-electron chi connectivity index (χ4n) is 10.2. The van der Waals surface area contributed by atoms with Gasteiger partial charge in [0.05, 0.1) is 11.0 Å². The third-order valence-electron chi connectivity index (χ3n) is 13.3. The van der Waals surface area contributed by atoms with Crippen LogP contribution in [-0.2, 0) is 5.41 Å². The van der Waals surface area contributed by atoms with E-state index in [1.165, 1.54) is 54.8 Å². The van der Waals surface area contributed by atoms with Crippen molar-refractivity contribution in [1.29, 1.82) is 0 Å². The van der Waals surface area contributed by atoms with Gasteiger partial charge in [-0.3, -0.25) is 0 Å². The SMILES string of the molecule is CC1(C)c2ccccc2-c2ccc(N(c3ccccc3)c3cc(-c4ccc5c(c4)c4ccccc4n5-c4ccc5ccccc5c4)cc(N(c4ccccc4)c4ccccc4)c3)cc21. The Morgan fingerprint density at radius 3 is 1.59 bits per heavy atom. The normalized spacial score (nSPS) is 12.7. The van der Waals surface area contributed by atoms with Crippen molar-refractivity contribution >= 4 is 66.7 Å². The summed E-state index contributed by atoms with van der Waals surface area (Å²) in [6, 6.07) is 86.5. The zero-order valence-corrected chi connectivity index (χ0v) is 35.9. The van der Waals surface area contributed by atoms with Crippen LogP contribution >= 0.6 is 0 Å². The van der Waals surface area contributed by atoms with Crippen LogP contribution in [-0.4, -0.2) is 4.57 Å². The second-order valence-electron chi connectivity index (χ2n) is 17.4. The topological polar surface area (TPSA) is 11.4 Å². The molecule has 0 saturated heterocycles. The van der Waals surface area contributed by atoms with Gasteiger partial charge in [0.2, 0.25) is 0 Å². The fourth-order valence-corrected chi connectivity index (χ4v) is 10.2. The minimum Gasteiger partial charge on any atom is -0.310 e. The number of rotatable bonds is 8. The smallest absolute Gasteiger partial charge is 0.0541 e. The summed E-state index contributed by atoms with van der Waals surface area (Å²) in [7, 11) is 0. The molecule has 0 N–H and O–H groups in total. The molecule has 3 nitrogen and oxygen atoms in total. The van der Waals surface area contributed by atoms with Gasteiger partial charge < -0.3 is 14.4 Å². The molecule has 0 spiro atoms. The number of hydrogen-bond acceptors (Lipinski definition) is 2. The molecule has 0 amide bonds. The largest absolute Gasteiger partial charge is 0.310 e. The van der Waals surface area contributed by atoms with Crippen LogP contribution in [0.5, 0.6) is 0 Å². The number of aromatic nitrogens is 1. The monoisotopic (exact) mass is 819 g/mol. The number of nitrogens with zero attached hydrogens (tertiary/aromatic N) is 3. The quantitative estimate of drug-likeness (QED) is 0.151. The standard InChI is InChI=1S/C61H45N3/c1-61(2)57-28-16-14-26-53(57)54-34-33-50(41-58(54)61)63(48-24-10-5-11-25-48)52-38-45(37-51(40-52)62(46-20-6-3-7-21-46)47-22-8-4-9-23-47)44-31-35-60-56(39-44)55-27-15-17-29-59(55)64(60)49-32-30-42-18-12-13-19-43(42)36-49/h3-41H,1-2H3. The molecule has 1 aromatic heterocycles. The van der Waals surface area contributed by atoms with Crippen LogP contribution in [0.3, 0.4) is 0 Å². The molecule has 0 aliphatic heterocycles. The van der Waals surface area contributed by atoms with E-state index in [-0.39, 0.29) is 5.41 Å². The Balaban J connectivity index is 1.09. The van der Waals surface area contributed by atoms with Crippen LogP contribution in [0, 0.1) is 0 Å². The Morgan fingerprint density at radius 1 is 0.328 bits per heavy atom. The van der Waals surface area contributed by atoms with Crippen LogP contribution < -0.4 is 9.80 Å². The van der Waals surface area contributed by atoms with Gasteiger partial charge in [-0.25, -0.2) is 0 Å². The highest BCUT2D eigenvalue weighted by Gasteiger charge is 2.36. The predicted octanol–water partition coefficient (Wildman–Crippen LogP) is 16.8. The molecule has 0 fully saturated rings. The fraction of sp³-hybridized carbons (Fsp3) is 0.0492. The van der Waals surface area contributed by atoms with E-state index in [2.05, 4.69) is 265 Å². The van der Waals surface area contributed by atoms with Gasteiger partial charge in [-0.2, -0.15) is 0 Å². The van der Waals surface area contributed by atoms with Crippen LogP contribution in [0.2, 0.25) is 0 Å². The van der Waals surface area contributed by atoms with Gasteiger partial charge in [0.15, 0.2) is 0 Å². The molecule has 0 atom stereocenters. The summed E-state index contributed by atoms with van der Waals surface area (Å²) < 4.78 is 2.42. The Morgan fingerprint density at radius 2 is 0.891 bits per heavy atom. The van der Waals surface area contributed by atoms with E-state index >= 15 is 0 Å². The van der Waals surface area contributed by atoms with Gasteiger partial charge in [0.1, 0.15) is 0 Å². The Bertz CT molecular complexity index is 3490. The average molecular weight is 820 g/mol. The highest BCUT2D eigenvalue weighted by atomic mass is 15.2. The molecule has 11 aromatic rings. The summed E-state index contributed by atoms with van der Waals surface area (Å²) in [4.78, 5) is 4.81. The van der Waals surface area contributed by atoms with E-state index in [4.69, 9.17) is 0 Å². The highest BCUT2D eigenvalue weighted by Crippen LogP contribution is 2.51. The van der Waals surface area contributed by atoms with Crippen molar-refractivity contribution < 1.29 is 0 Å². The van der Waals surface area contributed by atoms with Crippen molar-refractivity contribution in [2.75, 3.05) is 9.80 Å². The minimum atomic E-state index is -0.143. The molecule has 1 heterocycles. The summed E-state index contributed by atoms with van der Waals surface area (Å²) in [5.74, 6) is 0. The van der Waals surface area contributed by atoms with Crippen molar-refractivity contribution in [3.8, 4) is 27.9 Å². The van der Waals surface area contributed by atoms with Gasteiger partial charge in [-0.15, -0.1) is 0 Å². The summed E-state index contributed by atoms with van der Waals surface area (Å²) in [6.07, 6.45) is 0. The zero-order chi connectivity index (χ0) is 42.8. The van der Waals surface area contributed by atoms with E-state index in [1.54, 1.807) is 0 Å². The molecule has 3 heteroatoms.